The Labute approximate surface area is 145 Å². The van der Waals surface area contributed by atoms with Crippen molar-refractivity contribution in [3.63, 3.8) is 0 Å². The molecule has 3 heteroatoms. The highest BCUT2D eigenvalue weighted by Crippen LogP contribution is 2.30. The van der Waals surface area contributed by atoms with E-state index in [2.05, 4.69) is 6.92 Å². The first-order valence-electron chi connectivity index (χ1n) is 8.28. The second-order valence-electron chi connectivity index (χ2n) is 5.60. The van der Waals surface area contributed by atoms with Crippen LogP contribution in [0, 0.1) is 0 Å². The maximum atomic E-state index is 6.38. The molecule has 0 N–H and O–H groups in total. The van der Waals surface area contributed by atoms with E-state index in [1.54, 1.807) is 11.8 Å². The second kappa shape index (κ2) is 12.7. The smallest absolute Gasteiger partial charge is 0.0835 e. The van der Waals surface area contributed by atoms with E-state index in [1.165, 1.54) is 62.7 Å². The van der Waals surface area contributed by atoms with Crippen molar-refractivity contribution in [1.29, 1.82) is 0 Å². The number of hydrogen-bond donors (Lipinski definition) is 0. The van der Waals surface area contributed by atoms with Crippen molar-refractivity contribution in [2.45, 2.75) is 80.7 Å². The monoisotopic (exact) mass is 346 g/mol. The minimum atomic E-state index is 0.177. The molecule has 0 aliphatic heterocycles. The fourth-order valence-electron chi connectivity index (χ4n) is 2.34. The van der Waals surface area contributed by atoms with E-state index in [0.717, 1.165) is 11.4 Å². The number of unbranched alkanes of at least 4 members (excludes halogenated alkanes) is 8. The number of hydrogen-bond acceptors (Lipinski definition) is 1. The van der Waals surface area contributed by atoms with Gasteiger partial charge in [0.15, 0.2) is 0 Å². The number of rotatable bonds is 12. The molecule has 0 amide bonds. The molecule has 0 bridgehead atoms. The second-order valence-corrected chi connectivity index (χ2v) is 8.10. The third-order valence-electron chi connectivity index (χ3n) is 3.61. The SMILES string of the molecule is CCCCCCCCCCCC(Cl)Sc1ccc(Cl)cc1. The molecule has 1 aromatic carbocycles. The number of halogens is 2. The molecule has 0 spiro atoms. The van der Waals surface area contributed by atoms with E-state index in [-0.39, 0.29) is 4.71 Å². The summed E-state index contributed by atoms with van der Waals surface area (Å²) in [6.45, 7) is 2.27. The van der Waals surface area contributed by atoms with Gasteiger partial charge in [0.05, 0.1) is 4.71 Å². The molecule has 0 aromatic heterocycles. The van der Waals surface area contributed by atoms with Crippen molar-refractivity contribution in [1.82, 2.24) is 0 Å². The topological polar surface area (TPSA) is 0 Å². The van der Waals surface area contributed by atoms with Crippen molar-refractivity contribution in [2.24, 2.45) is 0 Å². The summed E-state index contributed by atoms with van der Waals surface area (Å²) in [5.41, 5.74) is 0. The number of benzene rings is 1. The van der Waals surface area contributed by atoms with E-state index in [0.29, 0.717) is 0 Å². The van der Waals surface area contributed by atoms with Crippen LogP contribution in [-0.2, 0) is 0 Å². The highest BCUT2D eigenvalue weighted by molar-refractivity contribution is 8.01. The van der Waals surface area contributed by atoms with Crippen LogP contribution >= 0.6 is 35.0 Å². The molecule has 0 aliphatic carbocycles. The van der Waals surface area contributed by atoms with Crippen LogP contribution in [0.1, 0.15) is 71.1 Å². The van der Waals surface area contributed by atoms with Crippen LogP contribution in [0.3, 0.4) is 0 Å². The van der Waals surface area contributed by atoms with Crippen molar-refractivity contribution in [3.05, 3.63) is 29.3 Å². The molecule has 1 unspecified atom stereocenters. The summed E-state index contributed by atoms with van der Waals surface area (Å²) < 4.78 is 0.177. The van der Waals surface area contributed by atoms with Gasteiger partial charge in [0.1, 0.15) is 0 Å². The van der Waals surface area contributed by atoms with Gasteiger partial charge in [-0.15, -0.1) is 23.4 Å². The van der Waals surface area contributed by atoms with E-state index in [1.807, 2.05) is 24.3 Å². The van der Waals surface area contributed by atoms with E-state index in [9.17, 15) is 0 Å². The predicted molar refractivity (Wildman–Crippen MR) is 98.8 cm³/mol. The first-order chi connectivity index (χ1) is 10.2. The first kappa shape index (κ1) is 19.2. The van der Waals surface area contributed by atoms with Crippen LogP contribution in [0.4, 0.5) is 0 Å². The maximum absolute atomic E-state index is 6.38. The third-order valence-corrected chi connectivity index (χ3v) is 5.39. The Hall–Kier alpha value is 0.150. The summed E-state index contributed by atoms with van der Waals surface area (Å²) in [4.78, 5) is 1.20. The lowest BCUT2D eigenvalue weighted by atomic mass is 10.1. The molecule has 1 rings (SSSR count). The lowest BCUT2D eigenvalue weighted by Crippen LogP contribution is -1.92. The number of thioether (sulfide) groups is 1. The molecular formula is C18H28Cl2S. The van der Waals surface area contributed by atoms with Crippen LogP contribution in [-0.4, -0.2) is 4.71 Å². The van der Waals surface area contributed by atoms with Crippen LogP contribution in [0.25, 0.3) is 0 Å². The lowest BCUT2D eigenvalue weighted by Gasteiger charge is -2.09. The quantitative estimate of drug-likeness (QED) is 0.210. The molecule has 1 aromatic rings. The Morgan fingerprint density at radius 3 is 1.95 bits per heavy atom. The molecule has 1 atom stereocenters. The molecule has 0 radical (unpaired) electrons. The average Bonchev–Trinajstić information content (AvgIpc) is 2.48. The average molecular weight is 347 g/mol. The zero-order valence-electron chi connectivity index (χ0n) is 13.1. The maximum Gasteiger partial charge on any atom is 0.0835 e. The molecular weight excluding hydrogens is 319 g/mol. The normalized spacial score (nSPS) is 12.5. The van der Waals surface area contributed by atoms with Crippen LogP contribution in [0.2, 0.25) is 5.02 Å². The van der Waals surface area contributed by atoms with E-state index >= 15 is 0 Å². The lowest BCUT2D eigenvalue weighted by molar-refractivity contribution is 0.561. The Balaban J connectivity index is 1.96. The van der Waals surface area contributed by atoms with Gasteiger partial charge in [-0.1, -0.05) is 76.3 Å². The molecule has 0 fully saturated rings. The Morgan fingerprint density at radius 1 is 0.857 bits per heavy atom. The van der Waals surface area contributed by atoms with Gasteiger partial charge < -0.3 is 0 Å². The van der Waals surface area contributed by atoms with Crippen LogP contribution in [0.15, 0.2) is 29.2 Å². The first-order valence-corrected chi connectivity index (χ1v) is 9.98. The summed E-state index contributed by atoms with van der Waals surface area (Å²) in [7, 11) is 0. The van der Waals surface area contributed by atoms with Crippen molar-refractivity contribution >= 4 is 35.0 Å². The Morgan fingerprint density at radius 2 is 1.38 bits per heavy atom. The minimum absolute atomic E-state index is 0.177. The zero-order chi connectivity index (χ0) is 15.3. The summed E-state index contributed by atoms with van der Waals surface area (Å²) in [5.74, 6) is 0. The van der Waals surface area contributed by atoms with Crippen molar-refractivity contribution in [3.8, 4) is 0 Å². The highest BCUT2D eigenvalue weighted by Gasteiger charge is 2.06. The largest absolute Gasteiger partial charge is 0.111 e. The van der Waals surface area contributed by atoms with Gasteiger partial charge in [-0.3, -0.25) is 0 Å². The molecule has 0 saturated carbocycles. The summed E-state index contributed by atoms with van der Waals surface area (Å²) in [6, 6.07) is 7.93. The minimum Gasteiger partial charge on any atom is -0.111 e. The van der Waals surface area contributed by atoms with Gasteiger partial charge in [-0.25, -0.2) is 0 Å². The molecule has 0 heterocycles. The van der Waals surface area contributed by atoms with Crippen molar-refractivity contribution in [2.75, 3.05) is 0 Å². The van der Waals surface area contributed by atoms with Crippen LogP contribution in [0.5, 0.6) is 0 Å². The molecule has 0 saturated heterocycles. The third kappa shape index (κ3) is 10.5. The van der Waals surface area contributed by atoms with E-state index in [4.69, 9.17) is 23.2 Å². The molecule has 0 aliphatic rings. The van der Waals surface area contributed by atoms with Gasteiger partial charge in [0.25, 0.3) is 0 Å². The zero-order valence-corrected chi connectivity index (χ0v) is 15.5. The van der Waals surface area contributed by atoms with Gasteiger partial charge >= 0.3 is 0 Å². The van der Waals surface area contributed by atoms with Gasteiger partial charge in [0, 0.05) is 9.92 Å². The molecule has 120 valence electrons. The molecule has 21 heavy (non-hydrogen) atoms. The summed E-state index contributed by atoms with van der Waals surface area (Å²) in [5, 5.41) is 0.782. The van der Waals surface area contributed by atoms with E-state index < -0.39 is 0 Å². The highest BCUT2D eigenvalue weighted by atomic mass is 35.5. The van der Waals surface area contributed by atoms with Gasteiger partial charge in [-0.05, 0) is 30.7 Å². The van der Waals surface area contributed by atoms with Gasteiger partial charge in [0.2, 0.25) is 0 Å². The fourth-order valence-corrected chi connectivity index (χ4v) is 3.80. The number of alkyl halides is 1. The Bertz CT molecular complexity index is 351. The summed E-state index contributed by atoms with van der Waals surface area (Å²) in [6.07, 6.45) is 13.4. The summed E-state index contributed by atoms with van der Waals surface area (Å²) >= 11 is 14.0. The fraction of sp³-hybridized carbons (Fsp3) is 0.667. The van der Waals surface area contributed by atoms with Gasteiger partial charge in [-0.2, -0.15) is 0 Å². The molecule has 0 nitrogen and oxygen atoms in total. The standard InChI is InChI=1S/C18H28Cl2S/c1-2-3-4-5-6-7-8-9-10-11-18(20)21-17-14-12-16(19)13-15-17/h12-15,18H,2-11H2,1H3. The van der Waals surface area contributed by atoms with Crippen LogP contribution < -0.4 is 0 Å². The van der Waals surface area contributed by atoms with Crippen molar-refractivity contribution < 1.29 is 0 Å². The Kier molecular flexibility index (Phi) is 11.6. The predicted octanol–water partition coefficient (Wildman–Crippen LogP) is 7.92.